The molecule has 1 rings (SSSR count). The maximum Gasteiger partial charge on any atom is 0.139 e. The molecule has 1 aromatic rings. The van der Waals surface area contributed by atoms with Crippen LogP contribution in [0.2, 0.25) is 0 Å². The normalized spacial score (nSPS) is 14.9. The molecule has 84 valence electrons. The number of nitrogens with zero attached hydrogens (tertiary/aromatic N) is 1. The van der Waals surface area contributed by atoms with Crippen LogP contribution in [0.5, 0.6) is 5.75 Å². The average molecular weight is 294 g/mol. The van der Waals surface area contributed by atoms with Crippen molar-refractivity contribution in [3.8, 4) is 5.75 Å². The van der Waals surface area contributed by atoms with E-state index in [1.807, 2.05) is 0 Å². The number of halogens is 1. The van der Waals surface area contributed by atoms with E-state index in [2.05, 4.69) is 33.5 Å². The predicted molar refractivity (Wildman–Crippen MR) is 63.0 cm³/mol. The zero-order valence-electron chi connectivity index (χ0n) is 7.84. The number of pyridine rings is 1. The Morgan fingerprint density at radius 2 is 2.07 bits per heavy atom. The summed E-state index contributed by atoms with van der Waals surface area (Å²) in [5.41, 5.74) is 0.0682. The van der Waals surface area contributed by atoms with E-state index >= 15 is 0 Å². The lowest BCUT2D eigenvalue weighted by Crippen LogP contribution is -2.19. The van der Waals surface area contributed by atoms with Gasteiger partial charge in [0.15, 0.2) is 0 Å². The first-order valence-electron chi connectivity index (χ1n) is 4.38. The van der Waals surface area contributed by atoms with Crippen molar-refractivity contribution < 1.29 is 15.3 Å². The van der Waals surface area contributed by atoms with Crippen molar-refractivity contribution in [1.29, 1.82) is 0 Å². The Labute approximate surface area is 102 Å². The van der Waals surface area contributed by atoms with Gasteiger partial charge in [0.2, 0.25) is 0 Å². The molecule has 2 atom stereocenters. The second-order valence-corrected chi connectivity index (χ2v) is 4.32. The van der Waals surface area contributed by atoms with Crippen LogP contribution in [0.15, 0.2) is 16.7 Å². The largest absolute Gasteiger partial charge is 0.506 e. The summed E-state index contributed by atoms with van der Waals surface area (Å²) in [5.74, 6) is 0.316. The van der Waals surface area contributed by atoms with Gasteiger partial charge in [-0.2, -0.15) is 12.6 Å². The van der Waals surface area contributed by atoms with Gasteiger partial charge < -0.3 is 15.3 Å². The molecule has 4 nitrogen and oxygen atoms in total. The van der Waals surface area contributed by atoms with Crippen LogP contribution in [0, 0.1) is 0 Å². The summed E-state index contributed by atoms with van der Waals surface area (Å²) in [6.45, 7) is 0. The van der Waals surface area contributed by atoms with Gasteiger partial charge in [-0.1, -0.05) is 0 Å². The molecule has 0 amide bonds. The standard InChI is InChI=1S/C9H12BrNO3S/c10-7-2-1-5(12)8(11-7)9(14)6(13)3-4-15/h1-2,6,9,12-15H,3-4H2. The fourth-order valence-electron chi connectivity index (χ4n) is 1.13. The highest BCUT2D eigenvalue weighted by Crippen LogP contribution is 2.27. The van der Waals surface area contributed by atoms with Gasteiger partial charge in [0.25, 0.3) is 0 Å². The van der Waals surface area contributed by atoms with Crippen molar-refractivity contribution in [1.82, 2.24) is 4.98 Å². The lowest BCUT2D eigenvalue weighted by Gasteiger charge is -2.17. The molecule has 0 aliphatic heterocycles. The lowest BCUT2D eigenvalue weighted by molar-refractivity contribution is 0.0131. The van der Waals surface area contributed by atoms with Crippen molar-refractivity contribution >= 4 is 28.6 Å². The first-order valence-corrected chi connectivity index (χ1v) is 5.81. The highest BCUT2D eigenvalue weighted by atomic mass is 79.9. The van der Waals surface area contributed by atoms with E-state index in [1.54, 1.807) is 6.07 Å². The summed E-state index contributed by atoms with van der Waals surface area (Å²) in [6.07, 6.45) is -1.84. The fourth-order valence-corrected chi connectivity index (χ4v) is 1.72. The van der Waals surface area contributed by atoms with E-state index in [-0.39, 0.29) is 11.4 Å². The molecule has 0 saturated carbocycles. The second kappa shape index (κ2) is 5.69. The molecule has 0 aromatic carbocycles. The molecule has 0 bridgehead atoms. The Bertz CT molecular complexity index is 337. The molecule has 0 aliphatic carbocycles. The Balaban J connectivity index is 2.89. The topological polar surface area (TPSA) is 73.6 Å². The maximum atomic E-state index is 9.70. The van der Waals surface area contributed by atoms with Gasteiger partial charge in [-0.25, -0.2) is 4.98 Å². The fraction of sp³-hybridized carbons (Fsp3) is 0.444. The van der Waals surface area contributed by atoms with E-state index in [0.717, 1.165) is 0 Å². The molecule has 0 fully saturated rings. The molecule has 0 spiro atoms. The van der Waals surface area contributed by atoms with Crippen molar-refractivity contribution in [2.24, 2.45) is 0 Å². The molecule has 1 aromatic heterocycles. The van der Waals surface area contributed by atoms with Crippen LogP contribution in [0.25, 0.3) is 0 Å². The lowest BCUT2D eigenvalue weighted by atomic mass is 10.1. The van der Waals surface area contributed by atoms with Crippen molar-refractivity contribution in [2.45, 2.75) is 18.6 Å². The van der Waals surface area contributed by atoms with Crippen LogP contribution in [0.1, 0.15) is 18.2 Å². The number of rotatable bonds is 4. The number of aliphatic hydroxyl groups is 2. The van der Waals surface area contributed by atoms with Crippen molar-refractivity contribution in [3.63, 3.8) is 0 Å². The third kappa shape index (κ3) is 3.34. The minimum atomic E-state index is -1.20. The van der Waals surface area contributed by atoms with E-state index in [9.17, 15) is 15.3 Å². The Kier molecular flexibility index (Phi) is 4.85. The van der Waals surface area contributed by atoms with E-state index in [1.165, 1.54) is 6.07 Å². The summed E-state index contributed by atoms with van der Waals surface area (Å²) < 4.78 is 0.493. The van der Waals surface area contributed by atoms with Gasteiger partial charge in [-0.15, -0.1) is 0 Å². The minimum Gasteiger partial charge on any atom is -0.506 e. The van der Waals surface area contributed by atoms with Crippen molar-refractivity contribution in [2.75, 3.05) is 5.75 Å². The molecule has 15 heavy (non-hydrogen) atoms. The van der Waals surface area contributed by atoms with E-state index in [0.29, 0.717) is 16.8 Å². The molecular formula is C9H12BrNO3S. The first kappa shape index (κ1) is 12.8. The van der Waals surface area contributed by atoms with E-state index in [4.69, 9.17) is 0 Å². The number of aliphatic hydroxyl groups excluding tert-OH is 2. The average Bonchev–Trinajstić information content (AvgIpc) is 2.21. The quantitative estimate of drug-likeness (QED) is 0.498. The molecule has 1 heterocycles. The summed E-state index contributed by atoms with van der Waals surface area (Å²) in [7, 11) is 0. The van der Waals surface area contributed by atoms with E-state index < -0.39 is 12.2 Å². The number of aromatic hydroxyl groups is 1. The van der Waals surface area contributed by atoms with Crippen LogP contribution < -0.4 is 0 Å². The molecule has 0 saturated heterocycles. The van der Waals surface area contributed by atoms with Crippen LogP contribution in [0.4, 0.5) is 0 Å². The van der Waals surface area contributed by atoms with Gasteiger partial charge in [0.1, 0.15) is 22.2 Å². The van der Waals surface area contributed by atoms with Crippen LogP contribution >= 0.6 is 28.6 Å². The molecule has 0 radical (unpaired) electrons. The monoisotopic (exact) mass is 293 g/mol. The smallest absolute Gasteiger partial charge is 0.139 e. The van der Waals surface area contributed by atoms with Gasteiger partial charge >= 0.3 is 0 Å². The van der Waals surface area contributed by atoms with Gasteiger partial charge in [0.05, 0.1) is 6.10 Å². The summed E-state index contributed by atoms with van der Waals surface area (Å²) >= 11 is 7.07. The zero-order chi connectivity index (χ0) is 11.4. The third-order valence-corrected chi connectivity index (χ3v) is 2.64. The number of hydrogen-bond donors (Lipinski definition) is 4. The van der Waals surface area contributed by atoms with Gasteiger partial charge in [-0.3, -0.25) is 0 Å². The predicted octanol–water partition coefficient (Wildman–Crippen LogP) is 1.26. The molecule has 0 aliphatic rings. The summed E-state index contributed by atoms with van der Waals surface area (Å²) in [5, 5.41) is 28.7. The second-order valence-electron chi connectivity index (χ2n) is 3.06. The number of hydrogen-bond acceptors (Lipinski definition) is 5. The Morgan fingerprint density at radius 1 is 1.40 bits per heavy atom. The maximum absolute atomic E-state index is 9.70. The van der Waals surface area contributed by atoms with Gasteiger partial charge in [-0.05, 0) is 40.2 Å². The minimum absolute atomic E-state index is 0.0682. The van der Waals surface area contributed by atoms with Crippen LogP contribution in [0.3, 0.4) is 0 Å². The first-order chi connectivity index (χ1) is 7.06. The number of aromatic nitrogens is 1. The molecule has 6 heteroatoms. The Hall–Kier alpha value is -0.300. The van der Waals surface area contributed by atoms with Gasteiger partial charge in [0, 0.05) is 0 Å². The zero-order valence-corrected chi connectivity index (χ0v) is 10.3. The number of thiol groups is 1. The van der Waals surface area contributed by atoms with Crippen molar-refractivity contribution in [3.05, 3.63) is 22.4 Å². The molecule has 3 N–H and O–H groups in total. The summed E-state index contributed by atoms with van der Waals surface area (Å²) in [6, 6.07) is 2.96. The Morgan fingerprint density at radius 3 is 2.67 bits per heavy atom. The highest BCUT2D eigenvalue weighted by molar-refractivity contribution is 9.10. The third-order valence-electron chi connectivity index (χ3n) is 1.94. The van der Waals surface area contributed by atoms with Crippen LogP contribution in [-0.4, -0.2) is 32.2 Å². The highest BCUT2D eigenvalue weighted by Gasteiger charge is 2.22. The summed E-state index contributed by atoms with van der Waals surface area (Å²) in [4.78, 5) is 3.91. The van der Waals surface area contributed by atoms with Crippen LogP contribution in [-0.2, 0) is 0 Å². The SMILES string of the molecule is Oc1ccc(Br)nc1C(O)C(O)CCS. The molecule has 2 unspecified atom stereocenters. The molecular weight excluding hydrogens is 282 g/mol.